The molecule has 26 heavy (non-hydrogen) atoms. The first kappa shape index (κ1) is 22.5. The van der Waals surface area contributed by atoms with Crippen LogP contribution in [0.25, 0.3) is 0 Å². The molecule has 10 heteroatoms. The summed E-state index contributed by atoms with van der Waals surface area (Å²) < 4.78 is 43.7. The van der Waals surface area contributed by atoms with Crippen LogP contribution in [0, 0.1) is 0 Å². The number of nitrogens with zero attached hydrogens (tertiary/aromatic N) is 2. The maximum Gasteiger partial charge on any atom is 0.421 e. The number of thiophene rings is 1. The number of aromatic nitrogens is 1. The summed E-state index contributed by atoms with van der Waals surface area (Å²) in [5.41, 5.74) is -0.881. The van der Waals surface area contributed by atoms with E-state index in [1.54, 1.807) is 11.3 Å². The van der Waals surface area contributed by atoms with Gasteiger partial charge >= 0.3 is 6.18 Å². The van der Waals surface area contributed by atoms with E-state index < -0.39 is 17.6 Å². The Labute approximate surface area is 171 Å². The number of guanidine groups is 1. The molecule has 0 spiro atoms. The van der Waals surface area contributed by atoms with Gasteiger partial charge in [-0.3, -0.25) is 0 Å². The van der Waals surface area contributed by atoms with Crippen LogP contribution in [0.3, 0.4) is 0 Å². The molecule has 5 nitrogen and oxygen atoms in total. The lowest BCUT2D eigenvalue weighted by molar-refractivity contribution is -0.139. The molecule has 0 aliphatic carbocycles. The molecule has 0 aliphatic rings. The van der Waals surface area contributed by atoms with Gasteiger partial charge in [0.05, 0.1) is 13.1 Å². The van der Waals surface area contributed by atoms with Crippen LogP contribution in [0.1, 0.15) is 17.4 Å². The minimum atomic E-state index is -4.49. The minimum Gasteiger partial charge on any atom is -0.475 e. The zero-order valence-electron chi connectivity index (χ0n) is 14.0. The number of ether oxygens (including phenoxy) is 1. The summed E-state index contributed by atoms with van der Waals surface area (Å²) >= 11 is 1.61. The Morgan fingerprint density at radius 3 is 2.73 bits per heavy atom. The lowest BCUT2D eigenvalue weighted by atomic mass is 10.2. The molecule has 0 atom stereocenters. The van der Waals surface area contributed by atoms with Gasteiger partial charge in [-0.15, -0.1) is 35.3 Å². The molecule has 0 amide bonds. The van der Waals surface area contributed by atoms with E-state index in [4.69, 9.17) is 4.74 Å². The quantitative estimate of drug-likeness (QED) is 0.262. The molecule has 2 heterocycles. The number of rotatable bonds is 7. The number of hydrogen-bond acceptors (Lipinski definition) is 4. The van der Waals surface area contributed by atoms with E-state index in [1.807, 2.05) is 24.4 Å². The molecule has 2 N–H and O–H groups in total. The number of hydrogen-bond donors (Lipinski definition) is 2. The Morgan fingerprint density at radius 2 is 2.08 bits per heavy atom. The monoisotopic (exact) mass is 500 g/mol. The van der Waals surface area contributed by atoms with Gasteiger partial charge in [0.25, 0.3) is 0 Å². The van der Waals surface area contributed by atoms with E-state index in [0.29, 0.717) is 25.6 Å². The molecule has 0 aromatic carbocycles. The van der Waals surface area contributed by atoms with E-state index in [9.17, 15) is 13.2 Å². The van der Waals surface area contributed by atoms with Gasteiger partial charge in [-0.1, -0.05) is 6.07 Å². The highest BCUT2D eigenvalue weighted by Crippen LogP contribution is 2.34. The van der Waals surface area contributed by atoms with Gasteiger partial charge in [0, 0.05) is 17.6 Å². The molecule has 0 saturated heterocycles. The molecule has 0 saturated carbocycles. The molecule has 2 rings (SSSR count). The lowest BCUT2D eigenvalue weighted by Crippen LogP contribution is -2.39. The van der Waals surface area contributed by atoms with Crippen LogP contribution in [0.15, 0.2) is 40.8 Å². The number of halogens is 4. The second-order valence-electron chi connectivity index (χ2n) is 4.90. The van der Waals surface area contributed by atoms with Crippen LogP contribution in [0.2, 0.25) is 0 Å². The van der Waals surface area contributed by atoms with Crippen molar-refractivity contribution >= 4 is 41.3 Å². The zero-order valence-corrected chi connectivity index (χ0v) is 17.2. The summed E-state index contributed by atoms with van der Waals surface area (Å²) in [7, 11) is 0. The molecule has 2 aromatic heterocycles. The predicted molar refractivity (Wildman–Crippen MR) is 107 cm³/mol. The zero-order chi connectivity index (χ0) is 18.1. The number of nitrogens with one attached hydrogen (secondary N) is 2. The van der Waals surface area contributed by atoms with E-state index in [0.717, 1.165) is 10.9 Å². The topological polar surface area (TPSA) is 58.5 Å². The predicted octanol–water partition coefficient (Wildman–Crippen LogP) is 3.91. The lowest BCUT2D eigenvalue weighted by Gasteiger charge is -2.14. The third-order valence-electron chi connectivity index (χ3n) is 3.03. The van der Waals surface area contributed by atoms with Gasteiger partial charge in [0.1, 0.15) is 12.2 Å². The standard InChI is InChI=1S/C16H19F3N4OS.HI/c1-2-20-15(23-11-12-5-4-10-25-12)22-8-9-24-14-13(16(17,18)19)6-3-7-21-14;/h3-7,10H,2,8-9,11H2,1H3,(H2,20,22,23);1H. The normalized spacial score (nSPS) is 11.6. The summed E-state index contributed by atoms with van der Waals surface area (Å²) in [6.07, 6.45) is -3.22. The van der Waals surface area contributed by atoms with Gasteiger partial charge in [0.2, 0.25) is 5.88 Å². The van der Waals surface area contributed by atoms with Gasteiger partial charge in [-0.25, -0.2) is 9.98 Å². The van der Waals surface area contributed by atoms with Crippen LogP contribution in [0.5, 0.6) is 5.88 Å². The number of aliphatic imine (C=N–C) groups is 1. The van der Waals surface area contributed by atoms with Crippen LogP contribution < -0.4 is 15.4 Å². The largest absolute Gasteiger partial charge is 0.475 e. The number of alkyl halides is 3. The highest BCUT2D eigenvalue weighted by molar-refractivity contribution is 14.0. The van der Waals surface area contributed by atoms with Crippen molar-refractivity contribution in [2.24, 2.45) is 4.99 Å². The van der Waals surface area contributed by atoms with Crippen LogP contribution >= 0.6 is 35.3 Å². The van der Waals surface area contributed by atoms with E-state index in [2.05, 4.69) is 20.6 Å². The first-order chi connectivity index (χ1) is 12.0. The highest BCUT2D eigenvalue weighted by Gasteiger charge is 2.34. The summed E-state index contributed by atoms with van der Waals surface area (Å²) in [6, 6.07) is 6.12. The molecule has 144 valence electrons. The fraction of sp³-hybridized carbons (Fsp3) is 0.375. The Morgan fingerprint density at radius 1 is 1.27 bits per heavy atom. The smallest absolute Gasteiger partial charge is 0.421 e. The van der Waals surface area contributed by atoms with Crippen molar-refractivity contribution in [1.82, 2.24) is 15.6 Å². The third kappa shape index (κ3) is 7.36. The molecular weight excluding hydrogens is 480 g/mol. The second-order valence-corrected chi connectivity index (χ2v) is 5.94. The fourth-order valence-corrected chi connectivity index (χ4v) is 2.57. The summed E-state index contributed by atoms with van der Waals surface area (Å²) in [5.74, 6) is 0.161. The van der Waals surface area contributed by atoms with Crippen molar-refractivity contribution < 1.29 is 17.9 Å². The fourth-order valence-electron chi connectivity index (χ4n) is 1.94. The van der Waals surface area contributed by atoms with Gasteiger partial charge in [-0.2, -0.15) is 13.2 Å². The van der Waals surface area contributed by atoms with Crippen LogP contribution in [-0.2, 0) is 12.7 Å². The summed E-state index contributed by atoms with van der Waals surface area (Å²) in [5, 5.41) is 8.07. The van der Waals surface area contributed by atoms with E-state index in [-0.39, 0.29) is 30.6 Å². The highest BCUT2D eigenvalue weighted by atomic mass is 127. The maximum absolute atomic E-state index is 12.9. The van der Waals surface area contributed by atoms with Crippen molar-refractivity contribution in [2.75, 3.05) is 19.7 Å². The van der Waals surface area contributed by atoms with Crippen molar-refractivity contribution in [3.05, 3.63) is 46.3 Å². The van der Waals surface area contributed by atoms with E-state index >= 15 is 0 Å². The van der Waals surface area contributed by atoms with Crippen LogP contribution in [-0.4, -0.2) is 30.6 Å². The first-order valence-electron chi connectivity index (χ1n) is 7.70. The molecule has 2 aromatic rings. The maximum atomic E-state index is 12.9. The van der Waals surface area contributed by atoms with Crippen molar-refractivity contribution in [3.8, 4) is 5.88 Å². The Bertz CT molecular complexity index is 680. The molecule has 0 radical (unpaired) electrons. The summed E-state index contributed by atoms with van der Waals surface area (Å²) in [6.45, 7) is 3.47. The van der Waals surface area contributed by atoms with Gasteiger partial charge in [0.15, 0.2) is 5.96 Å². The van der Waals surface area contributed by atoms with Crippen molar-refractivity contribution in [3.63, 3.8) is 0 Å². The van der Waals surface area contributed by atoms with Crippen molar-refractivity contribution in [1.29, 1.82) is 0 Å². The molecule has 0 fully saturated rings. The second kappa shape index (κ2) is 11.2. The SMILES string of the molecule is CCNC(=NCc1cccs1)NCCOc1ncccc1C(F)(F)F.I. The molecule has 0 aliphatic heterocycles. The minimum absolute atomic E-state index is 0. The average molecular weight is 500 g/mol. The van der Waals surface area contributed by atoms with E-state index in [1.165, 1.54) is 12.3 Å². The van der Waals surface area contributed by atoms with Crippen LogP contribution in [0.4, 0.5) is 13.2 Å². The molecule has 0 bridgehead atoms. The molecular formula is C16H20F3IN4OS. The molecule has 0 unspecified atom stereocenters. The van der Waals surface area contributed by atoms with Gasteiger partial charge in [-0.05, 0) is 30.5 Å². The van der Waals surface area contributed by atoms with Gasteiger partial charge < -0.3 is 15.4 Å². The Hall–Kier alpha value is -1.56. The average Bonchev–Trinajstić information content (AvgIpc) is 3.09. The third-order valence-corrected chi connectivity index (χ3v) is 3.89. The Balaban J connectivity index is 0.00000338. The number of pyridine rings is 1. The summed E-state index contributed by atoms with van der Waals surface area (Å²) in [4.78, 5) is 9.19. The van der Waals surface area contributed by atoms with Crippen molar-refractivity contribution in [2.45, 2.75) is 19.6 Å². The Kier molecular flexibility index (Phi) is 9.70. The first-order valence-corrected chi connectivity index (χ1v) is 8.58.